The number of rotatable bonds is 13. The van der Waals surface area contributed by atoms with Crippen LogP contribution in [-0.2, 0) is 12.8 Å². The quantitative estimate of drug-likeness (QED) is 0.115. The maximum atomic E-state index is 6.70. The summed E-state index contributed by atoms with van der Waals surface area (Å²) in [6.45, 7) is 17.8. The molecule has 4 aromatic heterocycles. The van der Waals surface area contributed by atoms with Crippen LogP contribution in [0.2, 0.25) is 0 Å². The normalized spacial score (nSPS) is 11.8. The van der Waals surface area contributed by atoms with Crippen molar-refractivity contribution in [3.8, 4) is 51.5 Å². The summed E-state index contributed by atoms with van der Waals surface area (Å²) in [7, 11) is 0. The van der Waals surface area contributed by atoms with E-state index in [1.54, 1.807) is 0 Å². The second kappa shape index (κ2) is 16.8. The fraction of sp³-hybridized carbons (Fsp3) is 0.275. The predicted octanol–water partition coefficient (Wildman–Crippen LogP) is 13.3. The minimum atomic E-state index is 0.304. The average Bonchev–Trinajstić information content (AvgIpc) is 3.53. The molecule has 0 fully saturated rings. The van der Waals surface area contributed by atoms with E-state index in [4.69, 9.17) is 19.4 Å². The van der Waals surface area contributed by atoms with Crippen molar-refractivity contribution in [2.45, 2.75) is 80.1 Å². The van der Waals surface area contributed by atoms with Crippen molar-refractivity contribution in [1.29, 1.82) is 0 Å². The van der Waals surface area contributed by atoms with Crippen LogP contribution in [-0.4, -0.2) is 29.5 Å². The SMILES string of the molecule is CC(C)Cc1ccnc(-c2cc(Oc3ccc4c5ccc(Oc6cc(-c7cc(CC(C)C)ccn7)cc(C(C)C)c6)cc5n(-c5ncncn5)c4c3)cc(C(C)C)c2)c1. The Labute approximate surface area is 347 Å². The monoisotopic (exact) mass is 780 g/mol. The van der Waals surface area contributed by atoms with Gasteiger partial charge in [-0.3, -0.25) is 14.5 Å². The molecule has 0 N–H and O–H groups in total. The highest BCUT2D eigenvalue weighted by atomic mass is 16.5. The Kier molecular flexibility index (Phi) is 11.2. The Morgan fingerprint density at radius 3 is 1.36 bits per heavy atom. The lowest BCUT2D eigenvalue weighted by molar-refractivity contribution is 0.482. The molecule has 0 atom stereocenters. The summed E-state index contributed by atoms with van der Waals surface area (Å²) in [5.74, 6) is 5.14. The third-order valence-electron chi connectivity index (χ3n) is 10.6. The Balaban J connectivity index is 1.18. The molecule has 0 saturated heterocycles. The molecule has 0 unspecified atom stereocenters. The Bertz CT molecular complexity index is 2580. The average molecular weight is 781 g/mol. The minimum absolute atomic E-state index is 0.304. The lowest BCUT2D eigenvalue weighted by Crippen LogP contribution is -2.01. The number of nitrogens with zero attached hydrogens (tertiary/aromatic N) is 6. The van der Waals surface area contributed by atoms with E-state index in [0.717, 1.165) is 68.7 Å². The number of hydrogen-bond acceptors (Lipinski definition) is 7. The van der Waals surface area contributed by atoms with Crippen LogP contribution in [0.4, 0.5) is 0 Å². The van der Waals surface area contributed by atoms with Crippen molar-refractivity contribution in [1.82, 2.24) is 29.5 Å². The first-order valence-corrected chi connectivity index (χ1v) is 20.7. The molecule has 0 aliphatic rings. The lowest BCUT2D eigenvalue weighted by atomic mass is 9.97. The van der Waals surface area contributed by atoms with Crippen molar-refractivity contribution in [3.63, 3.8) is 0 Å². The van der Waals surface area contributed by atoms with Gasteiger partial charge in [0.2, 0.25) is 5.95 Å². The van der Waals surface area contributed by atoms with Gasteiger partial charge in [-0.2, -0.15) is 0 Å². The molecule has 8 nitrogen and oxygen atoms in total. The van der Waals surface area contributed by atoms with Crippen molar-refractivity contribution in [2.24, 2.45) is 11.8 Å². The van der Waals surface area contributed by atoms with Gasteiger partial charge >= 0.3 is 0 Å². The molecule has 8 rings (SSSR count). The highest BCUT2D eigenvalue weighted by Crippen LogP contribution is 2.39. The molecule has 0 saturated carbocycles. The molecule has 8 aromatic rings. The molecule has 8 heteroatoms. The number of fused-ring (bicyclic) bond motifs is 3. The summed E-state index contributed by atoms with van der Waals surface area (Å²) in [4.78, 5) is 22.8. The fourth-order valence-electron chi connectivity index (χ4n) is 7.73. The topological polar surface area (TPSA) is 87.8 Å². The fourth-order valence-corrected chi connectivity index (χ4v) is 7.73. The van der Waals surface area contributed by atoms with E-state index in [0.29, 0.717) is 41.1 Å². The van der Waals surface area contributed by atoms with Crippen LogP contribution in [0, 0.1) is 11.8 Å². The molecule has 0 radical (unpaired) electrons. The van der Waals surface area contributed by atoms with Gasteiger partial charge in [-0.25, -0.2) is 15.0 Å². The van der Waals surface area contributed by atoms with E-state index < -0.39 is 0 Å². The van der Waals surface area contributed by atoms with Crippen molar-refractivity contribution < 1.29 is 9.47 Å². The summed E-state index contributed by atoms with van der Waals surface area (Å²) in [6, 6.07) is 33.9. The van der Waals surface area contributed by atoms with E-state index in [-0.39, 0.29) is 0 Å². The standard InChI is InChI=1S/C51H52N6O2/c1-31(2)17-35-13-15-53-47(19-35)39-21-37(33(5)6)23-43(25-39)58-41-9-11-45-46-12-10-42(28-50(46)57(49(45)27-41)51-55-29-52-30-56-51)59-44-24-38(34(7)8)22-40(26-44)48-20-36(14-16-54-48)18-32(3)4/h9-16,19-34H,17-18H2,1-8H3. The van der Waals surface area contributed by atoms with Crippen molar-refractivity contribution in [3.05, 3.63) is 144 Å². The van der Waals surface area contributed by atoms with Crippen LogP contribution < -0.4 is 9.47 Å². The molecule has 59 heavy (non-hydrogen) atoms. The zero-order chi connectivity index (χ0) is 41.2. The number of pyridine rings is 2. The summed E-state index contributed by atoms with van der Waals surface area (Å²) in [5, 5.41) is 2.08. The molecule has 4 aromatic carbocycles. The van der Waals surface area contributed by atoms with Crippen LogP contribution in [0.25, 0.3) is 50.3 Å². The van der Waals surface area contributed by atoms with Crippen LogP contribution in [0.5, 0.6) is 23.0 Å². The molecule has 0 bridgehead atoms. The van der Waals surface area contributed by atoms with E-state index in [1.807, 2.05) is 29.1 Å². The summed E-state index contributed by atoms with van der Waals surface area (Å²) >= 11 is 0. The first-order chi connectivity index (χ1) is 28.5. The van der Waals surface area contributed by atoms with Gasteiger partial charge in [0.1, 0.15) is 35.7 Å². The highest BCUT2D eigenvalue weighted by Gasteiger charge is 2.18. The van der Waals surface area contributed by atoms with Crippen LogP contribution in [0.15, 0.2) is 122 Å². The molecular formula is C51H52N6O2. The molecule has 0 spiro atoms. The number of benzene rings is 4. The number of hydrogen-bond donors (Lipinski definition) is 0. The van der Waals surface area contributed by atoms with Gasteiger partial charge in [0, 0.05) is 46.4 Å². The van der Waals surface area contributed by atoms with Gasteiger partial charge in [-0.05, 0) is 144 Å². The summed E-state index contributed by atoms with van der Waals surface area (Å²) in [5.41, 5.74) is 10.7. The van der Waals surface area contributed by atoms with E-state index in [2.05, 4.69) is 155 Å². The Morgan fingerprint density at radius 2 is 0.932 bits per heavy atom. The van der Waals surface area contributed by atoms with E-state index in [1.165, 1.54) is 34.9 Å². The largest absolute Gasteiger partial charge is 0.457 e. The lowest BCUT2D eigenvalue weighted by Gasteiger charge is -2.14. The molecule has 0 aliphatic carbocycles. The van der Waals surface area contributed by atoms with Crippen LogP contribution in [0.3, 0.4) is 0 Å². The van der Waals surface area contributed by atoms with Gasteiger partial charge in [0.05, 0.1) is 22.4 Å². The van der Waals surface area contributed by atoms with Gasteiger partial charge in [0.15, 0.2) is 0 Å². The van der Waals surface area contributed by atoms with Crippen LogP contribution >= 0.6 is 0 Å². The molecule has 4 heterocycles. The number of ether oxygens (including phenoxy) is 2. The predicted molar refractivity (Wildman–Crippen MR) is 239 cm³/mol. The first-order valence-electron chi connectivity index (χ1n) is 20.7. The van der Waals surface area contributed by atoms with Gasteiger partial charge in [0.25, 0.3) is 0 Å². The maximum absolute atomic E-state index is 6.70. The molecule has 0 aliphatic heterocycles. The maximum Gasteiger partial charge on any atom is 0.237 e. The van der Waals surface area contributed by atoms with Gasteiger partial charge in [-0.15, -0.1) is 0 Å². The third kappa shape index (κ3) is 8.87. The van der Waals surface area contributed by atoms with Gasteiger partial charge in [-0.1, -0.05) is 55.4 Å². The Morgan fingerprint density at radius 1 is 0.475 bits per heavy atom. The second-order valence-corrected chi connectivity index (χ2v) is 17.0. The molecule has 0 amide bonds. The minimum Gasteiger partial charge on any atom is -0.457 e. The van der Waals surface area contributed by atoms with E-state index in [9.17, 15) is 0 Å². The third-order valence-corrected chi connectivity index (χ3v) is 10.6. The van der Waals surface area contributed by atoms with Crippen molar-refractivity contribution >= 4 is 21.8 Å². The van der Waals surface area contributed by atoms with E-state index >= 15 is 0 Å². The number of aromatic nitrogens is 6. The zero-order valence-corrected chi connectivity index (χ0v) is 35.3. The summed E-state index contributed by atoms with van der Waals surface area (Å²) < 4.78 is 15.5. The smallest absolute Gasteiger partial charge is 0.237 e. The highest BCUT2D eigenvalue weighted by molar-refractivity contribution is 6.09. The molecule has 298 valence electrons. The van der Waals surface area contributed by atoms with Crippen molar-refractivity contribution in [2.75, 3.05) is 0 Å². The van der Waals surface area contributed by atoms with Gasteiger partial charge < -0.3 is 9.47 Å². The second-order valence-electron chi connectivity index (χ2n) is 17.0. The first kappa shape index (κ1) is 39.4. The summed E-state index contributed by atoms with van der Waals surface area (Å²) in [6.07, 6.45) is 8.86. The molecular weight excluding hydrogens is 729 g/mol. The van der Waals surface area contributed by atoms with Crippen LogP contribution in [0.1, 0.15) is 89.5 Å². The Hall–Kier alpha value is -6.41. The zero-order valence-electron chi connectivity index (χ0n) is 35.3.